The zero-order valence-corrected chi connectivity index (χ0v) is 14.1. The Morgan fingerprint density at radius 2 is 1.86 bits per heavy atom. The molecule has 1 aromatic carbocycles. The highest BCUT2D eigenvalue weighted by atomic mass is 16.5. The fourth-order valence-electron chi connectivity index (χ4n) is 3.47. The van der Waals surface area contributed by atoms with Crippen molar-refractivity contribution in [1.29, 1.82) is 0 Å². The van der Waals surface area contributed by atoms with Crippen LogP contribution in [0.2, 0.25) is 0 Å². The zero-order chi connectivity index (χ0) is 15.3. The van der Waals surface area contributed by atoms with Gasteiger partial charge in [0.25, 0.3) is 0 Å². The van der Waals surface area contributed by atoms with Gasteiger partial charge in [0.1, 0.15) is 5.75 Å². The first-order valence-corrected chi connectivity index (χ1v) is 8.55. The Kier molecular flexibility index (Phi) is 5.69. The molecule has 0 spiro atoms. The third kappa shape index (κ3) is 3.79. The second kappa shape index (κ2) is 7.31. The minimum Gasteiger partial charge on any atom is -0.494 e. The predicted molar refractivity (Wildman–Crippen MR) is 90.0 cm³/mol. The van der Waals surface area contributed by atoms with Crippen LogP contribution in [-0.2, 0) is 5.41 Å². The van der Waals surface area contributed by atoms with Crippen molar-refractivity contribution in [1.82, 2.24) is 5.32 Å². The van der Waals surface area contributed by atoms with E-state index in [1.54, 1.807) is 0 Å². The van der Waals surface area contributed by atoms with Gasteiger partial charge in [-0.15, -0.1) is 0 Å². The van der Waals surface area contributed by atoms with E-state index in [0.717, 1.165) is 37.3 Å². The van der Waals surface area contributed by atoms with E-state index in [4.69, 9.17) is 4.74 Å². The second-order valence-electron chi connectivity index (χ2n) is 6.83. The van der Waals surface area contributed by atoms with Crippen molar-refractivity contribution in [3.05, 3.63) is 29.8 Å². The topological polar surface area (TPSA) is 21.3 Å². The highest BCUT2D eigenvalue weighted by Crippen LogP contribution is 2.50. The number of nitrogens with one attached hydrogen (secondary N) is 1. The van der Waals surface area contributed by atoms with Gasteiger partial charge in [-0.2, -0.15) is 0 Å². The molecule has 1 aromatic rings. The summed E-state index contributed by atoms with van der Waals surface area (Å²) in [6, 6.07) is 8.80. The summed E-state index contributed by atoms with van der Waals surface area (Å²) < 4.78 is 5.57. The van der Waals surface area contributed by atoms with Crippen LogP contribution in [0.3, 0.4) is 0 Å². The second-order valence-corrected chi connectivity index (χ2v) is 6.83. The molecule has 0 saturated heterocycles. The molecule has 118 valence electrons. The maximum Gasteiger partial charge on any atom is 0.119 e. The Labute approximate surface area is 130 Å². The molecule has 0 aliphatic heterocycles. The van der Waals surface area contributed by atoms with Crippen LogP contribution in [-0.4, -0.2) is 19.7 Å². The largest absolute Gasteiger partial charge is 0.494 e. The molecular weight excluding hydrogens is 258 g/mol. The summed E-state index contributed by atoms with van der Waals surface area (Å²) >= 11 is 0. The number of hydrogen-bond donors (Lipinski definition) is 1. The fourth-order valence-corrected chi connectivity index (χ4v) is 3.47. The Balaban J connectivity index is 2.08. The first kappa shape index (κ1) is 16.4. The maximum atomic E-state index is 5.57. The smallest absolute Gasteiger partial charge is 0.119 e. The molecule has 0 unspecified atom stereocenters. The quantitative estimate of drug-likeness (QED) is 0.717. The zero-order valence-electron chi connectivity index (χ0n) is 14.1. The molecule has 2 rings (SSSR count). The average Bonchev–Trinajstić information content (AvgIpc) is 2.43. The Hall–Kier alpha value is -1.02. The van der Waals surface area contributed by atoms with Crippen molar-refractivity contribution in [3.63, 3.8) is 0 Å². The molecule has 0 amide bonds. The molecule has 2 nitrogen and oxygen atoms in total. The third-order valence-electron chi connectivity index (χ3n) is 4.92. The lowest BCUT2D eigenvalue weighted by molar-refractivity contribution is 0.0978. The summed E-state index contributed by atoms with van der Waals surface area (Å²) in [5.74, 6) is 2.66. The fraction of sp³-hybridized carbons (Fsp3) is 0.684. The summed E-state index contributed by atoms with van der Waals surface area (Å²) in [4.78, 5) is 0. The molecule has 1 saturated carbocycles. The SMILES string of the molecule is CCCNCC1(c2ccc(OCC)cc2)CC(C(C)C)C1. The van der Waals surface area contributed by atoms with Gasteiger partial charge < -0.3 is 10.1 Å². The summed E-state index contributed by atoms with van der Waals surface area (Å²) in [5.41, 5.74) is 1.82. The Bertz CT molecular complexity index is 418. The van der Waals surface area contributed by atoms with Gasteiger partial charge in [0.2, 0.25) is 0 Å². The monoisotopic (exact) mass is 289 g/mol. The van der Waals surface area contributed by atoms with Crippen LogP contribution in [0.5, 0.6) is 5.75 Å². The molecule has 21 heavy (non-hydrogen) atoms. The predicted octanol–water partition coefficient (Wildman–Crippen LogP) is 4.39. The van der Waals surface area contributed by atoms with Gasteiger partial charge in [-0.3, -0.25) is 0 Å². The average molecular weight is 289 g/mol. The molecule has 0 radical (unpaired) electrons. The van der Waals surface area contributed by atoms with E-state index < -0.39 is 0 Å². The van der Waals surface area contributed by atoms with Crippen LogP contribution in [0, 0.1) is 11.8 Å². The van der Waals surface area contributed by atoms with Crippen LogP contribution < -0.4 is 10.1 Å². The van der Waals surface area contributed by atoms with Gasteiger partial charge in [-0.1, -0.05) is 32.9 Å². The molecule has 1 fully saturated rings. The lowest BCUT2D eigenvalue weighted by Crippen LogP contribution is -2.50. The van der Waals surface area contributed by atoms with Crippen molar-refractivity contribution >= 4 is 0 Å². The normalized spacial score (nSPS) is 24.9. The van der Waals surface area contributed by atoms with Crippen LogP contribution in [0.15, 0.2) is 24.3 Å². The van der Waals surface area contributed by atoms with Crippen molar-refractivity contribution < 1.29 is 4.74 Å². The van der Waals surface area contributed by atoms with Crippen LogP contribution >= 0.6 is 0 Å². The molecule has 0 atom stereocenters. The number of hydrogen-bond acceptors (Lipinski definition) is 2. The van der Waals surface area contributed by atoms with Crippen molar-refractivity contribution in [3.8, 4) is 5.75 Å². The van der Waals surface area contributed by atoms with Crippen LogP contribution in [0.1, 0.15) is 52.5 Å². The molecule has 0 bridgehead atoms. The van der Waals surface area contributed by atoms with Crippen LogP contribution in [0.4, 0.5) is 0 Å². The van der Waals surface area contributed by atoms with Gasteiger partial charge in [0.05, 0.1) is 6.61 Å². The molecule has 2 heteroatoms. The first-order valence-electron chi connectivity index (χ1n) is 8.55. The van der Waals surface area contributed by atoms with E-state index in [1.165, 1.54) is 24.8 Å². The minimum absolute atomic E-state index is 0.342. The van der Waals surface area contributed by atoms with E-state index >= 15 is 0 Å². The van der Waals surface area contributed by atoms with Gasteiger partial charge >= 0.3 is 0 Å². The van der Waals surface area contributed by atoms with E-state index in [1.807, 2.05) is 6.92 Å². The van der Waals surface area contributed by atoms with Crippen molar-refractivity contribution in [2.45, 2.75) is 52.4 Å². The molecular formula is C19H31NO. The maximum absolute atomic E-state index is 5.57. The van der Waals surface area contributed by atoms with E-state index in [-0.39, 0.29) is 0 Å². The lowest BCUT2D eigenvalue weighted by atomic mass is 9.56. The Morgan fingerprint density at radius 3 is 2.38 bits per heavy atom. The lowest BCUT2D eigenvalue weighted by Gasteiger charge is -2.50. The molecule has 1 aliphatic carbocycles. The van der Waals surface area contributed by atoms with Gasteiger partial charge in [-0.05, 0) is 62.3 Å². The third-order valence-corrected chi connectivity index (χ3v) is 4.92. The molecule has 0 aromatic heterocycles. The van der Waals surface area contributed by atoms with E-state index in [2.05, 4.69) is 50.4 Å². The minimum atomic E-state index is 0.342. The Morgan fingerprint density at radius 1 is 1.19 bits per heavy atom. The number of benzene rings is 1. The van der Waals surface area contributed by atoms with E-state index in [9.17, 15) is 0 Å². The standard InChI is InChI=1S/C19H31NO/c1-5-11-20-14-19(12-16(13-19)15(3)4)17-7-9-18(10-8-17)21-6-2/h7-10,15-16,20H,5-6,11-14H2,1-4H3. The molecule has 0 heterocycles. The van der Waals surface area contributed by atoms with Gasteiger partial charge in [0, 0.05) is 12.0 Å². The van der Waals surface area contributed by atoms with Crippen molar-refractivity contribution in [2.75, 3.05) is 19.7 Å². The summed E-state index contributed by atoms with van der Waals surface area (Å²) in [5, 5.41) is 3.64. The first-order chi connectivity index (χ1) is 10.1. The summed E-state index contributed by atoms with van der Waals surface area (Å²) in [6.45, 7) is 11.9. The number of ether oxygens (including phenoxy) is 1. The summed E-state index contributed by atoms with van der Waals surface area (Å²) in [7, 11) is 0. The van der Waals surface area contributed by atoms with Gasteiger partial charge in [-0.25, -0.2) is 0 Å². The van der Waals surface area contributed by atoms with Crippen LogP contribution in [0.25, 0.3) is 0 Å². The number of rotatable bonds is 8. The highest BCUT2D eigenvalue weighted by Gasteiger charge is 2.45. The van der Waals surface area contributed by atoms with Crippen molar-refractivity contribution in [2.24, 2.45) is 11.8 Å². The molecule has 1 aliphatic rings. The molecule has 1 N–H and O–H groups in total. The highest BCUT2D eigenvalue weighted by molar-refractivity contribution is 5.35. The van der Waals surface area contributed by atoms with Gasteiger partial charge in [0.15, 0.2) is 0 Å². The van der Waals surface area contributed by atoms with E-state index in [0.29, 0.717) is 5.41 Å². The summed E-state index contributed by atoms with van der Waals surface area (Å²) in [6.07, 6.45) is 3.83.